The van der Waals surface area contributed by atoms with Gasteiger partial charge in [-0.2, -0.15) is 0 Å². The lowest BCUT2D eigenvalue weighted by Gasteiger charge is -2.23. The van der Waals surface area contributed by atoms with Crippen LogP contribution in [0.2, 0.25) is 0 Å². The van der Waals surface area contributed by atoms with Gasteiger partial charge in [-0.05, 0) is 43.6 Å². The molecule has 0 aliphatic carbocycles. The van der Waals surface area contributed by atoms with Crippen molar-refractivity contribution in [3.63, 3.8) is 0 Å². The number of ether oxygens (including phenoxy) is 1. The SMILES string of the molecule is C=CCOc1ccc(CNC[C@H]2CCCN2CC)cc1. The third-order valence-corrected chi connectivity index (χ3v) is 3.91. The highest BCUT2D eigenvalue weighted by atomic mass is 16.5. The Kier molecular flexibility index (Phi) is 6.09. The van der Waals surface area contributed by atoms with E-state index in [-0.39, 0.29) is 0 Å². The van der Waals surface area contributed by atoms with Crippen LogP contribution in [0.4, 0.5) is 0 Å². The average Bonchev–Trinajstić information content (AvgIpc) is 2.94. The summed E-state index contributed by atoms with van der Waals surface area (Å²) in [6.45, 7) is 10.9. The Balaban J connectivity index is 1.72. The van der Waals surface area contributed by atoms with Gasteiger partial charge in [-0.15, -0.1) is 0 Å². The van der Waals surface area contributed by atoms with Crippen molar-refractivity contribution in [2.45, 2.75) is 32.4 Å². The second-order valence-electron chi connectivity index (χ2n) is 5.30. The minimum atomic E-state index is 0.562. The predicted molar refractivity (Wildman–Crippen MR) is 84.1 cm³/mol. The quantitative estimate of drug-likeness (QED) is 0.738. The standard InChI is InChI=1S/C17H26N2O/c1-3-12-20-17-9-7-15(8-10-17)13-18-14-16-6-5-11-19(16)4-2/h3,7-10,16,18H,1,4-6,11-14H2,2H3/t16-/m1/s1. The van der Waals surface area contributed by atoms with Crippen molar-refractivity contribution in [1.82, 2.24) is 10.2 Å². The number of hydrogen-bond donors (Lipinski definition) is 1. The summed E-state index contributed by atoms with van der Waals surface area (Å²) in [5, 5.41) is 3.57. The highest BCUT2D eigenvalue weighted by Gasteiger charge is 2.21. The van der Waals surface area contributed by atoms with Gasteiger partial charge in [0.05, 0.1) is 0 Å². The summed E-state index contributed by atoms with van der Waals surface area (Å²) >= 11 is 0. The van der Waals surface area contributed by atoms with E-state index in [1.807, 2.05) is 12.1 Å². The van der Waals surface area contributed by atoms with Crippen molar-refractivity contribution < 1.29 is 4.74 Å². The number of rotatable bonds is 8. The number of nitrogens with zero attached hydrogens (tertiary/aromatic N) is 1. The van der Waals surface area contributed by atoms with E-state index in [2.05, 4.69) is 35.9 Å². The first kappa shape index (κ1) is 15.1. The first-order valence-corrected chi connectivity index (χ1v) is 7.61. The number of likely N-dealkylation sites (tertiary alicyclic amines) is 1. The fraction of sp³-hybridized carbons (Fsp3) is 0.529. The van der Waals surface area contributed by atoms with E-state index < -0.39 is 0 Å². The average molecular weight is 274 g/mol. The third kappa shape index (κ3) is 4.36. The molecule has 2 rings (SSSR count). The molecule has 1 N–H and O–H groups in total. The van der Waals surface area contributed by atoms with Crippen molar-refractivity contribution in [2.24, 2.45) is 0 Å². The fourth-order valence-corrected chi connectivity index (χ4v) is 2.78. The van der Waals surface area contributed by atoms with Gasteiger partial charge in [0.2, 0.25) is 0 Å². The van der Waals surface area contributed by atoms with Gasteiger partial charge < -0.3 is 10.1 Å². The van der Waals surface area contributed by atoms with Gasteiger partial charge in [-0.1, -0.05) is 31.7 Å². The Morgan fingerprint density at radius 1 is 1.40 bits per heavy atom. The highest BCUT2D eigenvalue weighted by Crippen LogP contribution is 2.16. The van der Waals surface area contributed by atoms with Crippen LogP contribution in [0.3, 0.4) is 0 Å². The molecule has 3 heteroatoms. The first-order valence-electron chi connectivity index (χ1n) is 7.61. The summed E-state index contributed by atoms with van der Waals surface area (Å²) in [5.74, 6) is 0.904. The molecule has 0 saturated carbocycles. The molecule has 0 spiro atoms. The Labute approximate surface area is 122 Å². The lowest BCUT2D eigenvalue weighted by molar-refractivity contribution is 0.260. The molecule has 0 unspecified atom stereocenters. The molecule has 1 atom stereocenters. The van der Waals surface area contributed by atoms with Gasteiger partial charge in [-0.25, -0.2) is 0 Å². The van der Waals surface area contributed by atoms with Crippen molar-refractivity contribution in [1.29, 1.82) is 0 Å². The second kappa shape index (κ2) is 8.08. The lowest BCUT2D eigenvalue weighted by Crippen LogP contribution is -2.37. The van der Waals surface area contributed by atoms with E-state index in [1.165, 1.54) is 31.5 Å². The maximum atomic E-state index is 5.48. The summed E-state index contributed by atoms with van der Waals surface area (Å²) in [5.41, 5.74) is 1.30. The van der Waals surface area contributed by atoms with Gasteiger partial charge in [0.25, 0.3) is 0 Å². The van der Waals surface area contributed by atoms with Gasteiger partial charge in [0, 0.05) is 19.1 Å². The van der Waals surface area contributed by atoms with E-state index in [0.29, 0.717) is 6.61 Å². The highest BCUT2D eigenvalue weighted by molar-refractivity contribution is 5.27. The molecule has 3 nitrogen and oxygen atoms in total. The maximum absolute atomic E-state index is 5.48. The van der Waals surface area contributed by atoms with Gasteiger partial charge >= 0.3 is 0 Å². The smallest absolute Gasteiger partial charge is 0.119 e. The normalized spacial score (nSPS) is 19.1. The summed E-state index contributed by atoms with van der Waals surface area (Å²) in [6.07, 6.45) is 4.43. The van der Waals surface area contributed by atoms with Crippen LogP contribution < -0.4 is 10.1 Å². The molecule has 1 saturated heterocycles. The minimum Gasteiger partial charge on any atom is -0.490 e. The summed E-state index contributed by atoms with van der Waals surface area (Å²) < 4.78 is 5.48. The zero-order valence-corrected chi connectivity index (χ0v) is 12.5. The molecule has 1 aromatic rings. The zero-order valence-electron chi connectivity index (χ0n) is 12.5. The summed E-state index contributed by atoms with van der Waals surface area (Å²) in [7, 11) is 0. The third-order valence-electron chi connectivity index (χ3n) is 3.91. The Bertz CT molecular complexity index is 402. The van der Waals surface area contributed by atoms with Crippen molar-refractivity contribution >= 4 is 0 Å². The Morgan fingerprint density at radius 3 is 2.90 bits per heavy atom. The van der Waals surface area contributed by atoms with Gasteiger partial charge in [0.1, 0.15) is 12.4 Å². The molecule has 1 heterocycles. The number of nitrogens with one attached hydrogen (secondary N) is 1. The van der Waals surface area contributed by atoms with Crippen LogP contribution in [-0.2, 0) is 6.54 Å². The van der Waals surface area contributed by atoms with Crippen LogP contribution in [0, 0.1) is 0 Å². The van der Waals surface area contributed by atoms with Crippen LogP contribution in [0.25, 0.3) is 0 Å². The van der Waals surface area contributed by atoms with Crippen LogP contribution in [0.15, 0.2) is 36.9 Å². The zero-order chi connectivity index (χ0) is 14.2. The predicted octanol–water partition coefficient (Wildman–Crippen LogP) is 2.83. The van der Waals surface area contributed by atoms with E-state index in [9.17, 15) is 0 Å². The molecule has 0 aromatic heterocycles. The van der Waals surface area contributed by atoms with E-state index in [4.69, 9.17) is 4.74 Å². The molecule has 1 aliphatic heterocycles. The Morgan fingerprint density at radius 2 is 2.20 bits per heavy atom. The molecule has 20 heavy (non-hydrogen) atoms. The largest absolute Gasteiger partial charge is 0.490 e. The second-order valence-corrected chi connectivity index (χ2v) is 5.30. The van der Waals surface area contributed by atoms with E-state index >= 15 is 0 Å². The van der Waals surface area contributed by atoms with E-state index in [1.54, 1.807) is 6.08 Å². The molecule has 1 aromatic carbocycles. The Hall–Kier alpha value is -1.32. The number of benzene rings is 1. The minimum absolute atomic E-state index is 0.562. The van der Waals surface area contributed by atoms with Gasteiger partial charge in [-0.3, -0.25) is 4.90 Å². The molecular weight excluding hydrogens is 248 g/mol. The van der Waals surface area contributed by atoms with Crippen molar-refractivity contribution in [3.8, 4) is 5.75 Å². The lowest BCUT2D eigenvalue weighted by atomic mass is 10.2. The molecule has 1 aliphatic rings. The van der Waals surface area contributed by atoms with Crippen LogP contribution in [0.5, 0.6) is 5.75 Å². The molecule has 110 valence electrons. The molecule has 0 amide bonds. The fourth-order valence-electron chi connectivity index (χ4n) is 2.78. The van der Waals surface area contributed by atoms with Gasteiger partial charge in [0.15, 0.2) is 0 Å². The molecule has 1 fully saturated rings. The topological polar surface area (TPSA) is 24.5 Å². The maximum Gasteiger partial charge on any atom is 0.119 e. The van der Waals surface area contributed by atoms with Crippen LogP contribution in [-0.4, -0.2) is 37.2 Å². The monoisotopic (exact) mass is 274 g/mol. The van der Waals surface area contributed by atoms with Crippen LogP contribution in [0.1, 0.15) is 25.3 Å². The molecular formula is C17H26N2O. The molecule has 0 radical (unpaired) electrons. The number of likely N-dealkylation sites (N-methyl/N-ethyl adjacent to an activating group) is 1. The summed E-state index contributed by atoms with van der Waals surface area (Å²) in [6, 6.07) is 9.01. The first-order chi connectivity index (χ1) is 9.83. The van der Waals surface area contributed by atoms with Crippen LogP contribution >= 0.6 is 0 Å². The number of hydrogen-bond acceptors (Lipinski definition) is 3. The van der Waals surface area contributed by atoms with Crippen molar-refractivity contribution in [2.75, 3.05) is 26.2 Å². The summed E-state index contributed by atoms with van der Waals surface area (Å²) in [4.78, 5) is 2.57. The molecule has 0 bridgehead atoms. The van der Waals surface area contributed by atoms with Crippen molar-refractivity contribution in [3.05, 3.63) is 42.5 Å². The van der Waals surface area contributed by atoms with E-state index in [0.717, 1.165) is 24.9 Å².